The van der Waals surface area contributed by atoms with Crippen molar-refractivity contribution in [2.45, 2.75) is 56.8 Å². The maximum Gasteiger partial charge on any atom is 0.193 e. The summed E-state index contributed by atoms with van der Waals surface area (Å²) in [6.45, 7) is 9.02. The first kappa shape index (κ1) is 38.8. The summed E-state index contributed by atoms with van der Waals surface area (Å²) < 4.78 is 2.39. The van der Waals surface area contributed by atoms with Gasteiger partial charge in [-0.2, -0.15) is 0 Å². The number of nitrogens with zero attached hydrogens (tertiary/aromatic N) is 1. The van der Waals surface area contributed by atoms with Crippen molar-refractivity contribution in [2.24, 2.45) is 0 Å². The van der Waals surface area contributed by atoms with E-state index in [1.165, 1.54) is 50.1 Å². The van der Waals surface area contributed by atoms with Gasteiger partial charge >= 0.3 is 0 Å². The fraction of sp³-hybridized carbons (Fsp3) is 0.143. The van der Waals surface area contributed by atoms with Gasteiger partial charge in [-0.05, 0) is 128 Å². The van der Waals surface area contributed by atoms with Crippen LogP contribution in [0.1, 0.15) is 111 Å². The Hall–Kier alpha value is -7.62. The molecular weight excluding hydrogens is 803 g/mol. The Balaban J connectivity index is 1.06. The van der Waals surface area contributed by atoms with Crippen LogP contribution in [0.4, 0.5) is 0 Å². The zero-order valence-electron chi connectivity index (χ0n) is 37.6. The minimum absolute atomic E-state index is 0.0204. The molecule has 1 aromatic heterocycles. The molecule has 4 aliphatic rings. The quantitative estimate of drug-likeness (QED) is 0.156. The standard InChI is InChI=1S/C63H47NO2/c1-61(2)50-23-13-11-21-44(50)46-30-27-39(35-53(46)61)59(65)38-29-32-56-48(33-38)49-34-41(60(66)40-28-31-47-45-22-12-14-24-51(45)62(3,4)54(47)36-40)37-55-58(49)64(56)57-26-16-15-25-52(57)63(55,42-17-7-5-8-18-42)43-19-9-6-10-20-43/h5,7-9,11-37H,6,10H2,1-4H3. The molecule has 3 nitrogen and oxygen atoms in total. The van der Waals surface area contributed by atoms with Crippen molar-refractivity contribution in [3.8, 4) is 27.9 Å². The largest absolute Gasteiger partial charge is 0.309 e. The van der Waals surface area contributed by atoms with E-state index in [0.29, 0.717) is 22.3 Å². The number of carbonyl (C=O) groups excluding carboxylic acids is 2. The lowest BCUT2D eigenvalue weighted by atomic mass is 9.61. The molecule has 0 radical (unpaired) electrons. The second-order valence-corrected chi connectivity index (χ2v) is 19.8. The van der Waals surface area contributed by atoms with E-state index in [0.717, 1.165) is 57.0 Å². The van der Waals surface area contributed by atoms with Gasteiger partial charge in [-0.3, -0.25) is 9.59 Å². The van der Waals surface area contributed by atoms with Gasteiger partial charge in [-0.25, -0.2) is 0 Å². The maximum atomic E-state index is 15.5. The smallest absolute Gasteiger partial charge is 0.193 e. The van der Waals surface area contributed by atoms with Gasteiger partial charge in [0.15, 0.2) is 11.6 Å². The SMILES string of the molecule is CC1(C)c2ccccc2-c2ccc(C(=O)c3ccc4c(c3)c3cc(C(=O)c5ccc6c(c5)C(C)(C)c5ccccc5-6)cc5c3n4-c3ccccc3C5(C3=CCCC=C3)c3ccccc3)cc21. The van der Waals surface area contributed by atoms with Crippen LogP contribution in [-0.2, 0) is 16.2 Å². The van der Waals surface area contributed by atoms with Gasteiger partial charge in [0.05, 0.1) is 22.1 Å². The van der Waals surface area contributed by atoms with Gasteiger partial charge < -0.3 is 4.57 Å². The number of hydrogen-bond acceptors (Lipinski definition) is 2. The molecule has 0 bridgehead atoms. The lowest BCUT2D eigenvalue weighted by Gasteiger charge is -2.43. The monoisotopic (exact) mass is 849 g/mol. The van der Waals surface area contributed by atoms with E-state index in [2.05, 4.69) is 202 Å². The third kappa shape index (κ3) is 5.09. The Kier molecular flexibility index (Phi) is 8.06. The van der Waals surface area contributed by atoms with Gasteiger partial charge in [0.25, 0.3) is 0 Å². The number of allylic oxidation sites excluding steroid dienone is 4. The molecule has 0 N–H and O–H groups in total. The predicted molar refractivity (Wildman–Crippen MR) is 268 cm³/mol. The van der Waals surface area contributed by atoms with Crippen molar-refractivity contribution in [2.75, 3.05) is 0 Å². The van der Waals surface area contributed by atoms with Crippen molar-refractivity contribution in [1.29, 1.82) is 0 Å². The molecular formula is C63H47NO2. The topological polar surface area (TPSA) is 39.1 Å². The molecule has 2 heterocycles. The highest BCUT2D eigenvalue weighted by Crippen LogP contribution is 2.56. The van der Waals surface area contributed by atoms with Crippen LogP contribution in [-0.4, -0.2) is 16.1 Å². The van der Waals surface area contributed by atoms with Crippen LogP contribution in [0.2, 0.25) is 0 Å². The van der Waals surface area contributed by atoms with Crippen molar-refractivity contribution >= 4 is 33.4 Å². The number of ketones is 2. The van der Waals surface area contributed by atoms with Gasteiger partial charge in [0.1, 0.15) is 0 Å². The summed E-state index contributed by atoms with van der Waals surface area (Å²) in [7, 11) is 0. The van der Waals surface area contributed by atoms with E-state index in [1.54, 1.807) is 0 Å². The first-order chi connectivity index (χ1) is 32.1. The Morgan fingerprint density at radius 2 is 0.970 bits per heavy atom. The highest BCUT2D eigenvalue weighted by atomic mass is 16.1. The number of aromatic nitrogens is 1. The Morgan fingerprint density at radius 1 is 0.455 bits per heavy atom. The third-order valence-corrected chi connectivity index (χ3v) is 15.7. The maximum absolute atomic E-state index is 15.5. The summed E-state index contributed by atoms with van der Waals surface area (Å²) >= 11 is 0. The fourth-order valence-corrected chi connectivity index (χ4v) is 12.5. The van der Waals surface area contributed by atoms with Gasteiger partial charge in [0, 0.05) is 43.9 Å². The van der Waals surface area contributed by atoms with E-state index in [4.69, 9.17) is 0 Å². The molecule has 1 unspecified atom stereocenters. The van der Waals surface area contributed by atoms with Gasteiger partial charge in [-0.1, -0.05) is 167 Å². The molecule has 0 saturated heterocycles. The Bertz CT molecular complexity index is 3690. The van der Waals surface area contributed by atoms with E-state index in [-0.39, 0.29) is 22.4 Å². The minimum atomic E-state index is -0.733. The Labute approximate surface area is 385 Å². The third-order valence-electron chi connectivity index (χ3n) is 15.7. The molecule has 3 aliphatic carbocycles. The molecule has 13 rings (SSSR count). The number of carbonyl (C=O) groups is 2. The van der Waals surface area contributed by atoms with E-state index in [9.17, 15) is 4.79 Å². The molecule has 8 aromatic carbocycles. The summed E-state index contributed by atoms with van der Waals surface area (Å²) in [6.07, 6.45) is 8.90. The van der Waals surface area contributed by atoms with E-state index < -0.39 is 5.41 Å². The summed E-state index contributed by atoms with van der Waals surface area (Å²) in [5, 5.41) is 1.90. The van der Waals surface area contributed by atoms with Crippen LogP contribution in [0.5, 0.6) is 0 Å². The molecule has 0 amide bonds. The highest BCUT2D eigenvalue weighted by molar-refractivity contribution is 6.19. The minimum Gasteiger partial charge on any atom is -0.309 e. The lowest BCUT2D eigenvalue weighted by Crippen LogP contribution is -2.36. The number of hydrogen-bond donors (Lipinski definition) is 0. The average molecular weight is 850 g/mol. The molecule has 316 valence electrons. The second kappa shape index (κ2) is 13.7. The number of fused-ring (bicyclic) bond motifs is 11. The Morgan fingerprint density at radius 3 is 1.61 bits per heavy atom. The molecule has 3 heteroatoms. The zero-order chi connectivity index (χ0) is 44.7. The van der Waals surface area contributed by atoms with Gasteiger partial charge in [-0.15, -0.1) is 0 Å². The molecule has 9 aromatic rings. The van der Waals surface area contributed by atoms with Crippen molar-refractivity contribution in [3.05, 3.63) is 255 Å². The highest BCUT2D eigenvalue weighted by Gasteiger charge is 2.47. The lowest BCUT2D eigenvalue weighted by molar-refractivity contribution is 0.103. The first-order valence-electron chi connectivity index (χ1n) is 23.3. The average Bonchev–Trinajstić information content (AvgIpc) is 3.90. The number of para-hydroxylation sites is 1. The van der Waals surface area contributed by atoms with E-state index >= 15 is 4.79 Å². The van der Waals surface area contributed by atoms with Crippen molar-refractivity contribution < 1.29 is 9.59 Å². The molecule has 1 aliphatic heterocycles. The van der Waals surface area contributed by atoms with Crippen LogP contribution in [0.15, 0.2) is 194 Å². The zero-order valence-corrected chi connectivity index (χ0v) is 37.6. The van der Waals surface area contributed by atoms with Crippen LogP contribution in [0.3, 0.4) is 0 Å². The molecule has 0 fully saturated rings. The number of rotatable bonds is 6. The first-order valence-corrected chi connectivity index (χ1v) is 23.3. The van der Waals surface area contributed by atoms with Crippen LogP contribution in [0.25, 0.3) is 49.7 Å². The number of benzene rings is 8. The van der Waals surface area contributed by atoms with Crippen LogP contribution >= 0.6 is 0 Å². The second-order valence-electron chi connectivity index (χ2n) is 19.8. The normalized spacial score (nSPS) is 17.7. The summed E-state index contributed by atoms with van der Waals surface area (Å²) in [4.78, 5) is 30.3. The molecule has 0 saturated carbocycles. The van der Waals surface area contributed by atoms with Crippen molar-refractivity contribution in [3.63, 3.8) is 0 Å². The van der Waals surface area contributed by atoms with Crippen molar-refractivity contribution in [1.82, 2.24) is 4.57 Å². The fourth-order valence-electron chi connectivity index (χ4n) is 12.5. The summed E-state index contributed by atoms with van der Waals surface area (Å²) in [5.41, 5.74) is 18.8. The van der Waals surface area contributed by atoms with Gasteiger partial charge in [0.2, 0.25) is 0 Å². The summed E-state index contributed by atoms with van der Waals surface area (Å²) in [5.74, 6) is -0.0421. The summed E-state index contributed by atoms with van der Waals surface area (Å²) in [6, 6.07) is 59.8. The predicted octanol–water partition coefficient (Wildman–Crippen LogP) is 14.8. The molecule has 0 spiro atoms. The van der Waals surface area contributed by atoms with Crippen LogP contribution < -0.4 is 0 Å². The van der Waals surface area contributed by atoms with E-state index in [1.807, 2.05) is 18.2 Å². The molecule has 1 atom stereocenters. The van der Waals surface area contributed by atoms with Crippen LogP contribution in [0, 0.1) is 0 Å². The molecule has 66 heavy (non-hydrogen) atoms.